The quantitative estimate of drug-likeness (QED) is 0.619. The Balaban J connectivity index is 2.28. The second-order valence-electron chi connectivity index (χ2n) is 4.47. The fourth-order valence-corrected chi connectivity index (χ4v) is 2.35. The van der Waals surface area contributed by atoms with Crippen LogP contribution in [0.2, 0.25) is 5.02 Å². The number of pyridine rings is 1. The molecule has 0 aliphatic rings. The summed E-state index contributed by atoms with van der Waals surface area (Å²) >= 11 is 5.93. The predicted molar refractivity (Wildman–Crippen MR) is 80.3 cm³/mol. The van der Waals surface area contributed by atoms with Gasteiger partial charge in [0.2, 0.25) is 0 Å². The summed E-state index contributed by atoms with van der Waals surface area (Å²) in [6, 6.07) is 14.2. The van der Waals surface area contributed by atoms with Crippen LogP contribution in [0.5, 0.6) is 0 Å². The van der Waals surface area contributed by atoms with Gasteiger partial charge >= 0.3 is 0 Å². The molecule has 0 unspecified atom stereocenters. The van der Waals surface area contributed by atoms with Gasteiger partial charge in [-0.15, -0.1) is 0 Å². The van der Waals surface area contributed by atoms with Gasteiger partial charge in [0.1, 0.15) is 13.7 Å². The maximum Gasteiger partial charge on any atom is 0.140 e. The van der Waals surface area contributed by atoms with Gasteiger partial charge in [-0.25, -0.2) is 9.37 Å². The lowest BCUT2D eigenvalue weighted by atomic mass is 9.90. The maximum atomic E-state index is 13.9. The monoisotopic (exact) mass is 269 g/mol. The first-order valence-corrected chi connectivity index (χ1v) is 6.35. The smallest absolute Gasteiger partial charge is 0.140 e. The van der Waals surface area contributed by atoms with Gasteiger partial charge in [0.25, 0.3) is 0 Å². The highest BCUT2D eigenvalue weighted by Gasteiger charge is 2.09. The molecule has 0 spiro atoms. The summed E-state index contributed by atoms with van der Waals surface area (Å²) in [5, 5.41) is 1.58. The van der Waals surface area contributed by atoms with E-state index < -0.39 is 0 Å². The highest BCUT2D eigenvalue weighted by atomic mass is 35.5. The number of hydrogen-bond donors (Lipinski definition) is 0. The molecule has 1 heterocycles. The Kier molecular flexibility index (Phi) is 2.99. The summed E-state index contributed by atoms with van der Waals surface area (Å²) in [7, 11) is 2.00. The second kappa shape index (κ2) is 4.67. The van der Waals surface area contributed by atoms with E-state index in [0.29, 0.717) is 16.3 Å². The lowest BCUT2D eigenvalue weighted by Crippen LogP contribution is -2.06. The van der Waals surface area contributed by atoms with E-state index in [-0.39, 0.29) is 5.82 Å². The van der Waals surface area contributed by atoms with E-state index in [0.717, 1.165) is 16.4 Å². The molecule has 0 radical (unpaired) electrons. The molecular weight excluding hydrogens is 259 g/mol. The number of para-hydroxylation sites is 1. The molecule has 19 heavy (non-hydrogen) atoms. The number of benzene rings is 2. The summed E-state index contributed by atoms with van der Waals surface area (Å²) < 4.78 is 13.9. The Morgan fingerprint density at radius 1 is 1.05 bits per heavy atom. The Morgan fingerprint density at radius 2 is 1.84 bits per heavy atom. The van der Waals surface area contributed by atoms with Gasteiger partial charge in [0.05, 0.1) is 11.2 Å². The van der Waals surface area contributed by atoms with Crippen LogP contribution < -0.4 is 5.46 Å². The second-order valence-corrected chi connectivity index (χ2v) is 4.90. The first kappa shape index (κ1) is 12.2. The van der Waals surface area contributed by atoms with E-state index in [1.807, 2.05) is 38.2 Å². The molecule has 0 saturated carbocycles. The minimum atomic E-state index is -0.313. The van der Waals surface area contributed by atoms with Gasteiger partial charge in [0.15, 0.2) is 0 Å². The van der Waals surface area contributed by atoms with Crippen molar-refractivity contribution in [1.29, 1.82) is 0 Å². The van der Waals surface area contributed by atoms with Crippen LogP contribution in [0, 0.1) is 5.82 Å². The van der Waals surface area contributed by atoms with Crippen molar-refractivity contribution < 1.29 is 4.39 Å². The first-order valence-electron chi connectivity index (χ1n) is 5.97. The molecule has 0 amide bonds. The summed E-state index contributed by atoms with van der Waals surface area (Å²) in [5.41, 5.74) is 2.97. The van der Waals surface area contributed by atoms with E-state index in [2.05, 4.69) is 4.98 Å². The van der Waals surface area contributed by atoms with Crippen molar-refractivity contribution in [3.05, 3.63) is 59.4 Å². The summed E-state index contributed by atoms with van der Waals surface area (Å²) in [6.07, 6.45) is 0. The number of hydrogen-bond acceptors (Lipinski definition) is 1. The van der Waals surface area contributed by atoms with Crippen molar-refractivity contribution in [3.63, 3.8) is 0 Å². The molecule has 92 valence electrons. The van der Waals surface area contributed by atoms with E-state index in [1.54, 1.807) is 6.07 Å². The normalized spacial score (nSPS) is 10.8. The van der Waals surface area contributed by atoms with E-state index in [9.17, 15) is 4.39 Å². The maximum absolute atomic E-state index is 13.9. The van der Waals surface area contributed by atoms with E-state index in [4.69, 9.17) is 11.6 Å². The molecule has 0 atom stereocenters. The van der Waals surface area contributed by atoms with Crippen LogP contribution >= 0.6 is 11.6 Å². The van der Waals surface area contributed by atoms with Crippen LogP contribution in [0.3, 0.4) is 0 Å². The molecule has 1 nitrogen and oxygen atoms in total. The zero-order chi connectivity index (χ0) is 13.4. The molecule has 0 N–H and O–H groups in total. The van der Waals surface area contributed by atoms with Crippen LogP contribution in [-0.4, -0.2) is 12.8 Å². The highest BCUT2D eigenvalue weighted by molar-refractivity contribution is 6.38. The van der Waals surface area contributed by atoms with Crippen molar-refractivity contribution in [1.82, 2.24) is 4.98 Å². The van der Waals surface area contributed by atoms with Crippen LogP contribution in [0.15, 0.2) is 48.5 Å². The third-order valence-corrected chi connectivity index (χ3v) is 3.36. The molecule has 0 fully saturated rings. The Morgan fingerprint density at radius 3 is 2.68 bits per heavy atom. The van der Waals surface area contributed by atoms with Crippen LogP contribution in [-0.2, 0) is 0 Å². The van der Waals surface area contributed by atoms with Gasteiger partial charge in [-0.2, -0.15) is 0 Å². The van der Waals surface area contributed by atoms with Crippen molar-refractivity contribution in [2.75, 3.05) is 0 Å². The Labute approximate surface area is 116 Å². The molecule has 0 aliphatic carbocycles. The zero-order valence-corrected chi connectivity index (χ0v) is 11.1. The number of halogens is 2. The molecule has 1 aromatic heterocycles. The zero-order valence-electron chi connectivity index (χ0n) is 10.3. The first-order chi connectivity index (χ1) is 9.15. The number of rotatable bonds is 1. The molecular formula is C15H10BClFN. The molecule has 0 aliphatic heterocycles. The predicted octanol–water partition coefficient (Wildman–Crippen LogP) is 2.95. The van der Waals surface area contributed by atoms with Crippen LogP contribution in [0.25, 0.3) is 22.2 Å². The van der Waals surface area contributed by atoms with Gasteiger partial charge < -0.3 is 0 Å². The molecule has 3 rings (SSSR count). The summed E-state index contributed by atoms with van der Waals surface area (Å²) in [4.78, 5) is 4.51. The highest BCUT2D eigenvalue weighted by Crippen LogP contribution is 2.25. The number of aromatic nitrogens is 1. The molecule has 2 aromatic carbocycles. The Bertz CT molecular complexity index is 773. The molecule has 0 saturated heterocycles. The summed E-state index contributed by atoms with van der Waals surface area (Å²) in [6.45, 7) is 0. The molecule has 3 aromatic rings. The van der Waals surface area contributed by atoms with E-state index in [1.165, 1.54) is 12.1 Å². The van der Waals surface area contributed by atoms with E-state index >= 15 is 0 Å². The average Bonchev–Trinajstić information content (AvgIpc) is 2.41. The Hall–Kier alpha value is -1.87. The fourth-order valence-electron chi connectivity index (χ4n) is 2.18. The lowest BCUT2D eigenvalue weighted by molar-refractivity contribution is 0.631. The van der Waals surface area contributed by atoms with Crippen LogP contribution in [0.4, 0.5) is 4.39 Å². The average molecular weight is 270 g/mol. The third-order valence-electron chi connectivity index (χ3n) is 3.13. The molecule has 0 bridgehead atoms. The lowest BCUT2D eigenvalue weighted by Gasteiger charge is -2.08. The summed E-state index contributed by atoms with van der Waals surface area (Å²) in [5.74, 6) is -0.313. The minimum Gasteiger partial charge on any atom is -0.248 e. The van der Waals surface area contributed by atoms with Crippen LogP contribution in [0.1, 0.15) is 0 Å². The standard InChI is InChI=1S/C15H10BClFN/c16-12-8-15(11-7-9(17)5-6-13(11)18)19-14-4-2-1-3-10(12)14/h1-8H,16H2. The van der Waals surface area contributed by atoms with Gasteiger partial charge in [-0.3, -0.25) is 0 Å². The van der Waals surface area contributed by atoms with Gasteiger partial charge in [-0.1, -0.05) is 35.3 Å². The molecule has 4 heteroatoms. The fraction of sp³-hybridized carbons (Fsp3) is 0. The topological polar surface area (TPSA) is 12.9 Å². The number of nitrogens with zero attached hydrogens (tertiary/aromatic N) is 1. The third kappa shape index (κ3) is 2.22. The van der Waals surface area contributed by atoms with Crippen molar-refractivity contribution in [2.45, 2.75) is 0 Å². The number of fused-ring (bicyclic) bond motifs is 1. The largest absolute Gasteiger partial charge is 0.248 e. The minimum absolute atomic E-state index is 0.313. The van der Waals surface area contributed by atoms with Crippen molar-refractivity contribution in [3.8, 4) is 11.3 Å². The SMILES string of the molecule is Bc1cc(-c2cc(Cl)ccc2F)nc2ccccc12. The van der Waals surface area contributed by atoms with Gasteiger partial charge in [0, 0.05) is 10.6 Å². The van der Waals surface area contributed by atoms with Crippen molar-refractivity contribution >= 4 is 35.8 Å². The van der Waals surface area contributed by atoms with Gasteiger partial charge in [-0.05, 0) is 35.7 Å². The van der Waals surface area contributed by atoms with Crippen molar-refractivity contribution in [2.24, 2.45) is 0 Å².